The van der Waals surface area contributed by atoms with E-state index >= 15 is 0 Å². The van der Waals surface area contributed by atoms with Crippen molar-refractivity contribution in [3.8, 4) is 17.2 Å². The molecule has 0 atom stereocenters. The van der Waals surface area contributed by atoms with E-state index in [0.717, 1.165) is 16.7 Å². The zero-order valence-corrected chi connectivity index (χ0v) is 20.6. The smallest absolute Gasteiger partial charge is 0.276 e. The van der Waals surface area contributed by atoms with Crippen molar-refractivity contribution < 1.29 is 19.2 Å². The number of nitro groups is 1. The highest BCUT2D eigenvalue weighted by atomic mass is 35.5. The zero-order chi connectivity index (χ0) is 25.8. The number of aryl methyl sites for hydroxylation is 3. The average molecular weight is 507 g/mol. The maximum Gasteiger partial charge on any atom is 0.276 e. The second kappa shape index (κ2) is 10.5. The van der Waals surface area contributed by atoms with Crippen molar-refractivity contribution in [3.05, 3.63) is 104 Å². The molecule has 1 N–H and O–H groups in total. The third kappa shape index (κ3) is 6.00. The number of carbonyl (C=O) groups is 1. The van der Waals surface area contributed by atoms with E-state index in [1.165, 1.54) is 28.9 Å². The van der Waals surface area contributed by atoms with E-state index in [-0.39, 0.29) is 29.5 Å². The second-order valence-corrected chi connectivity index (χ2v) is 8.61. The Balaban J connectivity index is 1.46. The van der Waals surface area contributed by atoms with Crippen LogP contribution in [-0.2, 0) is 6.73 Å². The van der Waals surface area contributed by atoms with Gasteiger partial charge in [0.15, 0.2) is 12.4 Å². The molecule has 0 aliphatic heterocycles. The number of hydrogen-bond acceptors (Lipinski definition) is 6. The molecule has 0 saturated heterocycles. The minimum absolute atomic E-state index is 0.0824. The molecule has 0 fully saturated rings. The number of anilines is 1. The summed E-state index contributed by atoms with van der Waals surface area (Å²) in [5.41, 5.74) is 2.88. The summed E-state index contributed by atoms with van der Waals surface area (Å²) in [5, 5.41) is 19.0. The molecule has 36 heavy (non-hydrogen) atoms. The summed E-state index contributed by atoms with van der Waals surface area (Å²) in [7, 11) is 0. The Kier molecular flexibility index (Phi) is 7.21. The lowest BCUT2D eigenvalue weighted by Gasteiger charge is -2.10. The maximum absolute atomic E-state index is 12.8. The molecule has 184 valence electrons. The first-order valence-corrected chi connectivity index (χ1v) is 11.3. The molecule has 3 aromatic carbocycles. The van der Waals surface area contributed by atoms with Crippen molar-refractivity contribution in [2.45, 2.75) is 27.5 Å². The molecular formula is C26H23ClN4O5. The maximum atomic E-state index is 12.8. The van der Waals surface area contributed by atoms with Gasteiger partial charge in [-0.05, 0) is 67.8 Å². The molecule has 9 nitrogen and oxygen atoms in total. The van der Waals surface area contributed by atoms with Crippen LogP contribution in [-0.4, -0.2) is 20.6 Å². The fraction of sp³-hybridized carbons (Fsp3) is 0.154. The number of nitrogens with one attached hydrogen (secondary N) is 1. The second-order valence-electron chi connectivity index (χ2n) is 8.23. The first-order valence-electron chi connectivity index (χ1n) is 11.0. The van der Waals surface area contributed by atoms with Gasteiger partial charge >= 0.3 is 0 Å². The highest BCUT2D eigenvalue weighted by Crippen LogP contribution is 2.30. The van der Waals surface area contributed by atoms with Crippen LogP contribution in [0.25, 0.3) is 0 Å². The fourth-order valence-electron chi connectivity index (χ4n) is 3.51. The highest BCUT2D eigenvalue weighted by Gasteiger charge is 2.16. The summed E-state index contributed by atoms with van der Waals surface area (Å²) in [6, 6.07) is 16.5. The van der Waals surface area contributed by atoms with Crippen molar-refractivity contribution >= 4 is 28.9 Å². The molecule has 4 aromatic rings. The van der Waals surface area contributed by atoms with E-state index in [0.29, 0.717) is 16.5 Å². The molecular weight excluding hydrogens is 484 g/mol. The molecule has 1 heterocycles. The summed E-state index contributed by atoms with van der Waals surface area (Å²) in [6.07, 6.45) is 1.60. The molecule has 0 spiro atoms. The van der Waals surface area contributed by atoms with E-state index < -0.39 is 10.8 Å². The minimum atomic E-state index is -0.551. The number of aromatic nitrogens is 2. The third-order valence-electron chi connectivity index (χ3n) is 5.23. The lowest BCUT2D eigenvalue weighted by atomic mass is 10.1. The van der Waals surface area contributed by atoms with Crippen LogP contribution in [0.15, 0.2) is 66.9 Å². The first-order chi connectivity index (χ1) is 17.2. The van der Waals surface area contributed by atoms with Gasteiger partial charge in [-0.1, -0.05) is 23.7 Å². The van der Waals surface area contributed by atoms with Crippen LogP contribution in [0, 0.1) is 30.9 Å². The van der Waals surface area contributed by atoms with Crippen molar-refractivity contribution in [3.63, 3.8) is 0 Å². The normalized spacial score (nSPS) is 10.7. The highest BCUT2D eigenvalue weighted by molar-refractivity contribution is 6.32. The summed E-state index contributed by atoms with van der Waals surface area (Å²) in [4.78, 5) is 23.6. The third-order valence-corrected chi connectivity index (χ3v) is 5.83. The van der Waals surface area contributed by atoms with Gasteiger partial charge in [0.2, 0.25) is 0 Å². The van der Waals surface area contributed by atoms with Crippen molar-refractivity contribution in [2.75, 3.05) is 5.32 Å². The van der Waals surface area contributed by atoms with E-state index in [9.17, 15) is 14.9 Å². The summed E-state index contributed by atoms with van der Waals surface area (Å²) >= 11 is 6.19. The largest absolute Gasteiger partial charge is 0.471 e. The lowest BCUT2D eigenvalue weighted by Crippen LogP contribution is -2.14. The van der Waals surface area contributed by atoms with E-state index in [4.69, 9.17) is 21.1 Å². The van der Waals surface area contributed by atoms with E-state index in [1.54, 1.807) is 18.3 Å². The van der Waals surface area contributed by atoms with Gasteiger partial charge in [-0.25, -0.2) is 4.68 Å². The van der Waals surface area contributed by atoms with Gasteiger partial charge in [-0.15, -0.1) is 0 Å². The number of amides is 1. The van der Waals surface area contributed by atoms with Crippen LogP contribution in [0.1, 0.15) is 27.2 Å². The number of ether oxygens (including phenoxy) is 2. The molecule has 0 aliphatic carbocycles. The topological polar surface area (TPSA) is 109 Å². The average Bonchev–Trinajstić information content (AvgIpc) is 3.30. The molecule has 0 bridgehead atoms. The predicted octanol–water partition coefficient (Wildman–Crippen LogP) is 6.45. The molecule has 0 unspecified atom stereocenters. The molecule has 4 rings (SSSR count). The fourth-order valence-corrected chi connectivity index (χ4v) is 3.62. The van der Waals surface area contributed by atoms with Crippen LogP contribution < -0.4 is 14.8 Å². The van der Waals surface area contributed by atoms with Gasteiger partial charge in [-0.2, -0.15) is 5.10 Å². The minimum Gasteiger partial charge on any atom is -0.471 e. The number of hydrogen-bond donors (Lipinski definition) is 1. The molecule has 1 aromatic heterocycles. The Morgan fingerprint density at radius 2 is 1.78 bits per heavy atom. The van der Waals surface area contributed by atoms with Gasteiger partial charge in [0.25, 0.3) is 11.6 Å². The van der Waals surface area contributed by atoms with Gasteiger partial charge < -0.3 is 14.8 Å². The number of nitro benzene ring substituents is 1. The van der Waals surface area contributed by atoms with Gasteiger partial charge in [0, 0.05) is 23.4 Å². The van der Waals surface area contributed by atoms with Gasteiger partial charge in [0.1, 0.15) is 17.2 Å². The Hall–Kier alpha value is -4.37. The zero-order valence-electron chi connectivity index (χ0n) is 19.8. The number of rotatable bonds is 8. The summed E-state index contributed by atoms with van der Waals surface area (Å²) in [6.45, 7) is 5.78. The van der Waals surface area contributed by atoms with Gasteiger partial charge in [0.05, 0.1) is 16.7 Å². The number of benzene rings is 3. The standard InChI is InChI=1S/C26H23ClN4O5/c1-16-5-4-6-21(9-16)36-23-13-19(12-20(14-23)31(33)34)28-26(32)24-7-8-30(29-24)15-35-22-10-17(2)25(27)18(3)11-22/h4-14H,15H2,1-3H3,(H,28,32). The van der Waals surface area contributed by atoms with Crippen LogP contribution in [0.3, 0.4) is 0 Å². The monoisotopic (exact) mass is 506 g/mol. The van der Waals surface area contributed by atoms with E-state index in [1.807, 2.05) is 45.0 Å². The van der Waals surface area contributed by atoms with Crippen molar-refractivity contribution in [2.24, 2.45) is 0 Å². The van der Waals surface area contributed by atoms with Crippen LogP contribution in [0.4, 0.5) is 11.4 Å². The van der Waals surface area contributed by atoms with Crippen LogP contribution in [0.2, 0.25) is 5.02 Å². The molecule has 1 amide bonds. The lowest BCUT2D eigenvalue weighted by molar-refractivity contribution is -0.384. The van der Waals surface area contributed by atoms with Gasteiger partial charge in [-0.3, -0.25) is 14.9 Å². The number of nitrogens with zero attached hydrogens (tertiary/aromatic N) is 3. The summed E-state index contributed by atoms with van der Waals surface area (Å²) in [5.74, 6) is 0.845. The number of carbonyl (C=O) groups excluding carboxylic acids is 1. The first kappa shape index (κ1) is 24.7. The summed E-state index contributed by atoms with van der Waals surface area (Å²) < 4.78 is 13.0. The predicted molar refractivity (Wildman–Crippen MR) is 136 cm³/mol. The Labute approximate surface area is 212 Å². The Bertz CT molecular complexity index is 1430. The Morgan fingerprint density at radius 1 is 1.03 bits per heavy atom. The quantitative estimate of drug-likeness (QED) is 0.217. The van der Waals surface area contributed by atoms with E-state index in [2.05, 4.69) is 10.4 Å². The van der Waals surface area contributed by atoms with Crippen molar-refractivity contribution in [1.29, 1.82) is 0 Å². The van der Waals surface area contributed by atoms with Crippen LogP contribution >= 0.6 is 11.6 Å². The molecule has 0 aliphatic rings. The molecule has 10 heteroatoms. The molecule has 0 radical (unpaired) electrons. The van der Waals surface area contributed by atoms with Crippen molar-refractivity contribution in [1.82, 2.24) is 9.78 Å². The molecule has 0 saturated carbocycles. The SMILES string of the molecule is Cc1cccc(Oc2cc(NC(=O)c3ccn(COc4cc(C)c(Cl)c(C)c4)n3)cc([N+](=O)[O-])c2)c1. The van der Waals surface area contributed by atoms with Crippen LogP contribution in [0.5, 0.6) is 17.2 Å². The Morgan fingerprint density at radius 3 is 2.47 bits per heavy atom. The number of halogens is 1. The number of non-ortho nitro benzene ring substituents is 1.